The molecule has 0 aliphatic heterocycles. The fourth-order valence-corrected chi connectivity index (χ4v) is 1.10. The lowest BCUT2D eigenvalue weighted by molar-refractivity contribution is 0.485. The molecule has 0 aromatic rings. The molecule has 2 atom stereocenters. The van der Waals surface area contributed by atoms with Gasteiger partial charge in [0.2, 0.25) is 0 Å². The first-order valence-corrected chi connectivity index (χ1v) is 3.32. The van der Waals surface area contributed by atoms with Crippen LogP contribution in [0.3, 0.4) is 0 Å². The maximum absolute atomic E-state index is 8.56. The predicted octanol–water partition coefficient (Wildman–Crippen LogP) is 1.62. The third-order valence-electron chi connectivity index (χ3n) is 1.76. The number of nitriles is 2. The zero-order valence-electron chi connectivity index (χ0n) is 5.62. The summed E-state index contributed by atoms with van der Waals surface area (Å²) in [6, 6.07) is 4.26. The van der Waals surface area contributed by atoms with E-state index in [2.05, 4.69) is 12.1 Å². The molecule has 0 radical (unpaired) electrons. The Balaban J connectivity index is 2.67. The Bertz CT molecular complexity index is 192. The van der Waals surface area contributed by atoms with Gasteiger partial charge in [0.15, 0.2) is 0 Å². The van der Waals surface area contributed by atoms with Crippen LogP contribution in [-0.2, 0) is 0 Å². The molecule has 0 fully saturated rings. The van der Waals surface area contributed by atoms with Crippen LogP contribution in [-0.4, -0.2) is 0 Å². The Morgan fingerprint density at radius 3 is 1.70 bits per heavy atom. The van der Waals surface area contributed by atoms with Crippen molar-refractivity contribution in [1.29, 1.82) is 10.5 Å². The second-order valence-corrected chi connectivity index (χ2v) is 2.41. The summed E-state index contributed by atoms with van der Waals surface area (Å²) < 4.78 is 0. The summed E-state index contributed by atoms with van der Waals surface area (Å²) in [6.07, 6.45) is 5.44. The first-order chi connectivity index (χ1) is 4.88. The molecule has 2 nitrogen and oxygen atoms in total. The highest BCUT2D eigenvalue weighted by atomic mass is 14.3. The van der Waals surface area contributed by atoms with E-state index < -0.39 is 0 Å². The van der Waals surface area contributed by atoms with Crippen LogP contribution in [0, 0.1) is 34.5 Å². The van der Waals surface area contributed by atoms with Gasteiger partial charge in [-0.05, 0) is 12.8 Å². The van der Waals surface area contributed by atoms with E-state index >= 15 is 0 Å². The van der Waals surface area contributed by atoms with Crippen molar-refractivity contribution in [2.24, 2.45) is 11.8 Å². The molecule has 0 spiro atoms. The molecule has 2 heteroatoms. The lowest BCUT2D eigenvalue weighted by atomic mass is 9.85. The third kappa shape index (κ3) is 1.17. The molecule has 50 valence electrons. The number of nitrogens with zero attached hydrogens (tertiary/aromatic N) is 2. The van der Waals surface area contributed by atoms with E-state index in [1.807, 2.05) is 12.2 Å². The van der Waals surface area contributed by atoms with Gasteiger partial charge in [-0.3, -0.25) is 0 Å². The Hall–Kier alpha value is -1.28. The van der Waals surface area contributed by atoms with Crippen LogP contribution in [0.25, 0.3) is 0 Å². The van der Waals surface area contributed by atoms with Gasteiger partial charge in [0.25, 0.3) is 0 Å². The first kappa shape index (κ1) is 6.83. The quantitative estimate of drug-likeness (QED) is 0.470. The van der Waals surface area contributed by atoms with Crippen LogP contribution in [0.1, 0.15) is 12.8 Å². The van der Waals surface area contributed by atoms with Crippen LogP contribution < -0.4 is 0 Å². The summed E-state index contributed by atoms with van der Waals surface area (Å²) >= 11 is 0. The standard InChI is InChI=1S/C8H8N2/c9-5-7-3-1-2-4-8(7)6-10/h1-2,7-8H,3-4H2/t7-,8-/m0/s1. The molecule has 0 amide bonds. The molecule has 0 heterocycles. The van der Waals surface area contributed by atoms with E-state index in [0.717, 1.165) is 12.8 Å². The maximum atomic E-state index is 8.56. The predicted molar refractivity (Wildman–Crippen MR) is 36.6 cm³/mol. The van der Waals surface area contributed by atoms with Crippen LogP contribution >= 0.6 is 0 Å². The highest BCUT2D eigenvalue weighted by Crippen LogP contribution is 2.23. The summed E-state index contributed by atoms with van der Waals surface area (Å²) in [5, 5.41) is 17.1. The molecule has 0 N–H and O–H groups in total. The maximum Gasteiger partial charge on any atom is 0.0672 e. The van der Waals surface area contributed by atoms with Gasteiger partial charge in [0.05, 0.1) is 24.0 Å². The SMILES string of the molecule is N#C[C@@H]1CC=CC[C@H]1C#N. The van der Waals surface area contributed by atoms with Crippen molar-refractivity contribution in [1.82, 2.24) is 0 Å². The molecule has 10 heavy (non-hydrogen) atoms. The Kier molecular flexibility index (Phi) is 2.07. The lowest BCUT2D eigenvalue weighted by Gasteiger charge is -2.14. The monoisotopic (exact) mass is 132 g/mol. The van der Waals surface area contributed by atoms with E-state index in [9.17, 15) is 0 Å². The van der Waals surface area contributed by atoms with E-state index in [1.165, 1.54) is 0 Å². The molecule has 0 unspecified atom stereocenters. The van der Waals surface area contributed by atoms with Crippen molar-refractivity contribution in [2.75, 3.05) is 0 Å². The highest BCUT2D eigenvalue weighted by Gasteiger charge is 2.20. The number of rotatable bonds is 0. The first-order valence-electron chi connectivity index (χ1n) is 3.32. The zero-order valence-corrected chi connectivity index (χ0v) is 5.62. The fraction of sp³-hybridized carbons (Fsp3) is 0.500. The summed E-state index contributed by atoms with van der Waals surface area (Å²) in [6.45, 7) is 0. The average Bonchev–Trinajstić information content (AvgIpc) is 2.04. The fourth-order valence-electron chi connectivity index (χ4n) is 1.10. The molecule has 0 aromatic heterocycles. The van der Waals surface area contributed by atoms with Gasteiger partial charge in [-0.1, -0.05) is 12.2 Å². The summed E-state index contributed by atoms with van der Waals surface area (Å²) in [5.41, 5.74) is 0. The van der Waals surface area contributed by atoms with Gasteiger partial charge >= 0.3 is 0 Å². The second-order valence-electron chi connectivity index (χ2n) is 2.41. The number of hydrogen-bond donors (Lipinski definition) is 0. The molecule has 0 bridgehead atoms. The summed E-state index contributed by atoms with van der Waals surface area (Å²) in [4.78, 5) is 0. The van der Waals surface area contributed by atoms with Gasteiger partial charge in [-0.15, -0.1) is 0 Å². The van der Waals surface area contributed by atoms with Gasteiger partial charge in [0.1, 0.15) is 0 Å². The van der Waals surface area contributed by atoms with E-state index in [1.54, 1.807) is 0 Å². The van der Waals surface area contributed by atoms with Crippen molar-refractivity contribution in [2.45, 2.75) is 12.8 Å². The number of hydrogen-bond acceptors (Lipinski definition) is 2. The molecule has 1 aliphatic rings. The van der Waals surface area contributed by atoms with Crippen LogP contribution in [0.15, 0.2) is 12.2 Å². The van der Waals surface area contributed by atoms with E-state index in [-0.39, 0.29) is 11.8 Å². The van der Waals surface area contributed by atoms with Crippen molar-refractivity contribution in [3.63, 3.8) is 0 Å². The normalized spacial score (nSPS) is 30.6. The minimum atomic E-state index is -0.0741. The Labute approximate surface area is 60.4 Å². The van der Waals surface area contributed by atoms with Crippen molar-refractivity contribution in [3.8, 4) is 12.1 Å². The molecule has 1 rings (SSSR count). The average molecular weight is 132 g/mol. The van der Waals surface area contributed by atoms with E-state index in [4.69, 9.17) is 10.5 Å². The smallest absolute Gasteiger partial charge is 0.0672 e. The topological polar surface area (TPSA) is 47.6 Å². The van der Waals surface area contributed by atoms with Gasteiger partial charge in [0, 0.05) is 0 Å². The zero-order chi connectivity index (χ0) is 7.40. The highest BCUT2D eigenvalue weighted by molar-refractivity contribution is 5.08. The van der Waals surface area contributed by atoms with Crippen LogP contribution in [0.4, 0.5) is 0 Å². The number of allylic oxidation sites excluding steroid dienone is 2. The van der Waals surface area contributed by atoms with Crippen LogP contribution in [0.5, 0.6) is 0 Å². The molecule has 0 saturated heterocycles. The largest absolute Gasteiger partial charge is 0.198 e. The summed E-state index contributed by atoms with van der Waals surface area (Å²) in [7, 11) is 0. The van der Waals surface area contributed by atoms with E-state index in [0.29, 0.717) is 0 Å². The Morgan fingerprint density at radius 1 is 1.00 bits per heavy atom. The minimum Gasteiger partial charge on any atom is -0.198 e. The summed E-state index contributed by atoms with van der Waals surface area (Å²) in [5.74, 6) is -0.148. The van der Waals surface area contributed by atoms with Crippen molar-refractivity contribution < 1.29 is 0 Å². The third-order valence-corrected chi connectivity index (χ3v) is 1.76. The molecular formula is C8H8N2. The molecule has 0 saturated carbocycles. The molecule has 0 aromatic carbocycles. The van der Waals surface area contributed by atoms with Crippen LogP contribution in [0.2, 0.25) is 0 Å². The van der Waals surface area contributed by atoms with Crippen molar-refractivity contribution in [3.05, 3.63) is 12.2 Å². The van der Waals surface area contributed by atoms with Gasteiger partial charge < -0.3 is 0 Å². The minimum absolute atomic E-state index is 0.0741. The van der Waals surface area contributed by atoms with Gasteiger partial charge in [-0.2, -0.15) is 10.5 Å². The Morgan fingerprint density at radius 2 is 1.40 bits per heavy atom. The van der Waals surface area contributed by atoms with Gasteiger partial charge in [-0.25, -0.2) is 0 Å². The lowest BCUT2D eigenvalue weighted by Crippen LogP contribution is -2.12. The molecular weight excluding hydrogens is 124 g/mol. The molecule has 1 aliphatic carbocycles. The van der Waals surface area contributed by atoms with Crippen molar-refractivity contribution >= 4 is 0 Å². The second kappa shape index (κ2) is 3.03.